The van der Waals surface area contributed by atoms with E-state index in [-0.39, 0.29) is 17.3 Å². The van der Waals surface area contributed by atoms with Crippen molar-refractivity contribution in [2.45, 2.75) is 26.8 Å². The molecule has 0 fully saturated rings. The van der Waals surface area contributed by atoms with Crippen LogP contribution in [0.3, 0.4) is 0 Å². The minimum absolute atomic E-state index is 0.0348. The SMILES string of the molecule is CC(NCC(C)(C)CN(C)C)c1ccccc1F. The third-order valence-electron chi connectivity index (χ3n) is 3.00. The van der Waals surface area contributed by atoms with Gasteiger partial charge in [-0.2, -0.15) is 0 Å². The van der Waals surface area contributed by atoms with Crippen molar-refractivity contribution in [3.8, 4) is 0 Å². The number of halogens is 1. The van der Waals surface area contributed by atoms with E-state index in [0.717, 1.165) is 18.7 Å². The average Bonchev–Trinajstić information content (AvgIpc) is 2.25. The zero-order chi connectivity index (χ0) is 13.8. The molecule has 102 valence electrons. The van der Waals surface area contributed by atoms with Crippen LogP contribution in [0.2, 0.25) is 0 Å². The number of nitrogens with zero attached hydrogens (tertiary/aromatic N) is 1. The minimum Gasteiger partial charge on any atom is -0.310 e. The molecule has 0 aliphatic rings. The second kappa shape index (κ2) is 6.30. The maximum Gasteiger partial charge on any atom is 0.127 e. The molecule has 1 unspecified atom stereocenters. The summed E-state index contributed by atoms with van der Waals surface area (Å²) >= 11 is 0. The second-order valence-corrected chi connectivity index (χ2v) is 6.03. The molecule has 2 nitrogen and oxygen atoms in total. The number of hydrogen-bond acceptors (Lipinski definition) is 2. The highest BCUT2D eigenvalue weighted by molar-refractivity contribution is 5.20. The van der Waals surface area contributed by atoms with Crippen LogP contribution in [-0.2, 0) is 0 Å². The molecule has 0 saturated heterocycles. The summed E-state index contributed by atoms with van der Waals surface area (Å²) in [4.78, 5) is 2.18. The summed E-state index contributed by atoms with van der Waals surface area (Å²) in [5, 5.41) is 3.42. The molecule has 0 bridgehead atoms. The van der Waals surface area contributed by atoms with Gasteiger partial charge < -0.3 is 10.2 Å². The molecular weight excluding hydrogens is 227 g/mol. The summed E-state index contributed by atoms with van der Waals surface area (Å²) in [5.41, 5.74) is 0.904. The lowest BCUT2D eigenvalue weighted by molar-refractivity contribution is 0.226. The molecule has 0 amide bonds. The molecule has 0 aromatic heterocycles. The van der Waals surface area contributed by atoms with Gasteiger partial charge in [0.15, 0.2) is 0 Å². The fourth-order valence-electron chi connectivity index (χ4n) is 2.28. The standard InChI is InChI=1S/C15H25FN2/c1-12(13-8-6-7-9-14(13)16)17-10-15(2,3)11-18(4)5/h6-9,12,17H,10-11H2,1-5H3. The Labute approximate surface area is 110 Å². The molecule has 0 heterocycles. The summed E-state index contributed by atoms with van der Waals surface area (Å²) in [6, 6.07) is 6.99. The van der Waals surface area contributed by atoms with E-state index in [1.54, 1.807) is 6.07 Å². The lowest BCUT2D eigenvalue weighted by atomic mass is 9.92. The Morgan fingerprint density at radius 1 is 1.28 bits per heavy atom. The Morgan fingerprint density at radius 3 is 2.44 bits per heavy atom. The maximum atomic E-state index is 13.6. The van der Waals surface area contributed by atoms with E-state index in [9.17, 15) is 4.39 Å². The normalized spacial score (nSPS) is 13.9. The number of hydrogen-bond donors (Lipinski definition) is 1. The molecule has 1 atom stereocenters. The van der Waals surface area contributed by atoms with Crippen LogP contribution < -0.4 is 5.32 Å². The first-order valence-electron chi connectivity index (χ1n) is 6.44. The van der Waals surface area contributed by atoms with Crippen molar-refractivity contribution in [3.05, 3.63) is 35.6 Å². The Hall–Kier alpha value is -0.930. The van der Waals surface area contributed by atoms with Crippen LogP contribution in [0.5, 0.6) is 0 Å². The molecular formula is C15H25FN2. The molecule has 0 spiro atoms. The number of nitrogens with one attached hydrogen (secondary N) is 1. The van der Waals surface area contributed by atoms with Crippen LogP contribution in [0.15, 0.2) is 24.3 Å². The summed E-state index contributed by atoms with van der Waals surface area (Å²) in [5.74, 6) is -0.136. The van der Waals surface area contributed by atoms with Crippen molar-refractivity contribution >= 4 is 0 Å². The van der Waals surface area contributed by atoms with E-state index >= 15 is 0 Å². The third-order valence-corrected chi connectivity index (χ3v) is 3.00. The van der Waals surface area contributed by atoms with Crippen molar-refractivity contribution in [1.82, 2.24) is 10.2 Å². The van der Waals surface area contributed by atoms with Gasteiger partial charge in [0.05, 0.1) is 0 Å². The van der Waals surface area contributed by atoms with Crippen LogP contribution in [-0.4, -0.2) is 32.1 Å². The van der Waals surface area contributed by atoms with Gasteiger partial charge in [-0.1, -0.05) is 32.0 Å². The molecule has 1 N–H and O–H groups in total. The highest BCUT2D eigenvalue weighted by atomic mass is 19.1. The van der Waals surface area contributed by atoms with E-state index in [1.807, 2.05) is 19.1 Å². The first kappa shape index (κ1) is 15.1. The van der Waals surface area contributed by atoms with E-state index in [4.69, 9.17) is 0 Å². The van der Waals surface area contributed by atoms with Gasteiger partial charge in [0, 0.05) is 24.7 Å². The molecule has 0 saturated carbocycles. The van der Waals surface area contributed by atoms with Gasteiger partial charge in [0.25, 0.3) is 0 Å². The Balaban J connectivity index is 2.56. The zero-order valence-electron chi connectivity index (χ0n) is 12.1. The monoisotopic (exact) mass is 252 g/mol. The van der Waals surface area contributed by atoms with Crippen molar-refractivity contribution in [2.24, 2.45) is 5.41 Å². The predicted octanol–water partition coefficient (Wildman–Crippen LogP) is 3.06. The fourth-order valence-corrected chi connectivity index (χ4v) is 2.28. The molecule has 1 aromatic carbocycles. The van der Waals surface area contributed by atoms with E-state index in [2.05, 4.69) is 38.2 Å². The second-order valence-electron chi connectivity index (χ2n) is 6.03. The van der Waals surface area contributed by atoms with Gasteiger partial charge in [-0.3, -0.25) is 0 Å². The molecule has 0 aliphatic carbocycles. The van der Waals surface area contributed by atoms with Gasteiger partial charge in [-0.15, -0.1) is 0 Å². The smallest absolute Gasteiger partial charge is 0.127 e. The first-order chi connectivity index (χ1) is 8.32. The largest absolute Gasteiger partial charge is 0.310 e. The van der Waals surface area contributed by atoms with E-state index < -0.39 is 0 Å². The first-order valence-corrected chi connectivity index (χ1v) is 6.44. The number of benzene rings is 1. The molecule has 1 rings (SSSR count). The van der Waals surface area contributed by atoms with Gasteiger partial charge in [0.2, 0.25) is 0 Å². The zero-order valence-corrected chi connectivity index (χ0v) is 12.1. The average molecular weight is 252 g/mol. The lowest BCUT2D eigenvalue weighted by Gasteiger charge is -2.30. The summed E-state index contributed by atoms with van der Waals surface area (Å²) in [6.45, 7) is 8.30. The summed E-state index contributed by atoms with van der Waals surface area (Å²) in [7, 11) is 4.14. The Kier molecular flexibility index (Phi) is 5.29. The van der Waals surface area contributed by atoms with Crippen LogP contribution in [0.25, 0.3) is 0 Å². The maximum absolute atomic E-state index is 13.6. The fraction of sp³-hybridized carbons (Fsp3) is 0.600. The van der Waals surface area contributed by atoms with Crippen LogP contribution >= 0.6 is 0 Å². The third kappa shape index (κ3) is 4.75. The van der Waals surface area contributed by atoms with Gasteiger partial charge in [-0.25, -0.2) is 4.39 Å². The quantitative estimate of drug-likeness (QED) is 0.837. The van der Waals surface area contributed by atoms with Crippen molar-refractivity contribution in [2.75, 3.05) is 27.2 Å². The van der Waals surface area contributed by atoms with E-state index in [1.165, 1.54) is 6.07 Å². The van der Waals surface area contributed by atoms with Crippen molar-refractivity contribution in [3.63, 3.8) is 0 Å². The highest BCUT2D eigenvalue weighted by Gasteiger charge is 2.20. The van der Waals surface area contributed by atoms with Gasteiger partial charge in [0.1, 0.15) is 5.82 Å². The van der Waals surface area contributed by atoms with E-state index in [0.29, 0.717) is 0 Å². The molecule has 0 aliphatic heterocycles. The number of rotatable bonds is 6. The van der Waals surface area contributed by atoms with Crippen LogP contribution in [0.4, 0.5) is 4.39 Å². The Bertz CT molecular complexity index is 375. The summed E-state index contributed by atoms with van der Waals surface area (Å²) in [6.07, 6.45) is 0. The predicted molar refractivity (Wildman–Crippen MR) is 75.2 cm³/mol. The lowest BCUT2D eigenvalue weighted by Crippen LogP contribution is -2.38. The topological polar surface area (TPSA) is 15.3 Å². The van der Waals surface area contributed by atoms with Crippen molar-refractivity contribution < 1.29 is 4.39 Å². The summed E-state index contributed by atoms with van der Waals surface area (Å²) < 4.78 is 13.6. The van der Waals surface area contributed by atoms with Crippen molar-refractivity contribution in [1.29, 1.82) is 0 Å². The molecule has 1 aromatic rings. The van der Waals surface area contributed by atoms with Crippen LogP contribution in [0.1, 0.15) is 32.4 Å². The molecule has 0 radical (unpaired) electrons. The van der Waals surface area contributed by atoms with Gasteiger partial charge in [-0.05, 0) is 32.5 Å². The highest BCUT2D eigenvalue weighted by Crippen LogP contribution is 2.19. The molecule has 3 heteroatoms. The van der Waals surface area contributed by atoms with Crippen LogP contribution in [0, 0.1) is 11.2 Å². The minimum atomic E-state index is -0.136. The Morgan fingerprint density at radius 2 is 1.89 bits per heavy atom. The molecule has 18 heavy (non-hydrogen) atoms. The van der Waals surface area contributed by atoms with Gasteiger partial charge >= 0.3 is 0 Å².